The van der Waals surface area contributed by atoms with Gasteiger partial charge in [-0.2, -0.15) is 10.4 Å². The Hall–Kier alpha value is -5.74. The number of ether oxygens (including phenoxy) is 1. The smallest absolute Gasteiger partial charge is 0.259 e. The number of para-hydroxylation sites is 2. The molecule has 41 heavy (non-hydrogen) atoms. The first-order valence-corrected chi connectivity index (χ1v) is 13.1. The van der Waals surface area contributed by atoms with Gasteiger partial charge in [-0.15, -0.1) is 0 Å². The molecule has 0 bridgehead atoms. The average molecular weight is 536 g/mol. The summed E-state index contributed by atoms with van der Waals surface area (Å²) in [5, 5.41) is 15.5. The summed E-state index contributed by atoms with van der Waals surface area (Å²) in [6.45, 7) is 2.49. The van der Waals surface area contributed by atoms with Crippen molar-refractivity contribution in [1.82, 2.24) is 19.7 Å². The molecule has 7 heteroatoms. The van der Waals surface area contributed by atoms with Gasteiger partial charge in [-0.1, -0.05) is 72.3 Å². The second-order valence-electron chi connectivity index (χ2n) is 9.62. The summed E-state index contributed by atoms with van der Waals surface area (Å²) >= 11 is 0. The first kappa shape index (κ1) is 25.5. The number of aromatic amines is 1. The van der Waals surface area contributed by atoms with Crippen molar-refractivity contribution < 1.29 is 4.74 Å². The Balaban J connectivity index is 1.41. The lowest BCUT2D eigenvalue weighted by Crippen LogP contribution is -2.11. The Morgan fingerprint density at radius 1 is 0.976 bits per heavy atom. The van der Waals surface area contributed by atoms with E-state index in [1.165, 1.54) is 5.56 Å². The van der Waals surface area contributed by atoms with E-state index in [1.54, 1.807) is 29.0 Å². The molecule has 2 heterocycles. The van der Waals surface area contributed by atoms with E-state index in [2.05, 4.69) is 47.2 Å². The van der Waals surface area contributed by atoms with Crippen LogP contribution >= 0.6 is 0 Å². The largest absolute Gasteiger partial charge is 0.489 e. The van der Waals surface area contributed by atoms with Crippen LogP contribution in [0.4, 0.5) is 0 Å². The zero-order valence-corrected chi connectivity index (χ0v) is 22.3. The van der Waals surface area contributed by atoms with Crippen LogP contribution in [0.1, 0.15) is 22.5 Å². The van der Waals surface area contributed by atoms with Crippen LogP contribution in [-0.2, 0) is 6.61 Å². The number of aryl methyl sites for hydroxylation is 1. The van der Waals surface area contributed by atoms with E-state index in [1.807, 2.05) is 66.9 Å². The Bertz CT molecular complexity index is 1980. The van der Waals surface area contributed by atoms with E-state index in [9.17, 15) is 10.1 Å². The standard InChI is InChI=1S/C34H25N5O2/c1-23-14-16-24(17-15-23)22-41-29-11-7-8-25(19-29)32-27(21-39(38-32)28-9-3-2-4-10-28)18-26(20-35)33-36-31-13-6-5-12-30(31)34(40)37-33/h2-19,21H,22H2,1H3,(H,36,37,40). The summed E-state index contributed by atoms with van der Waals surface area (Å²) in [5.74, 6) is 0.901. The molecule has 6 rings (SSSR count). The lowest BCUT2D eigenvalue weighted by Gasteiger charge is -2.08. The van der Waals surface area contributed by atoms with E-state index in [0.717, 1.165) is 16.8 Å². The van der Waals surface area contributed by atoms with E-state index in [0.29, 0.717) is 34.5 Å². The molecule has 0 saturated heterocycles. The molecule has 0 atom stereocenters. The molecule has 1 N–H and O–H groups in total. The minimum atomic E-state index is -0.301. The van der Waals surface area contributed by atoms with Gasteiger partial charge in [0.05, 0.1) is 22.2 Å². The second kappa shape index (κ2) is 11.2. The number of hydrogen-bond acceptors (Lipinski definition) is 5. The van der Waals surface area contributed by atoms with Crippen LogP contribution in [0, 0.1) is 18.3 Å². The quantitative estimate of drug-likeness (QED) is 0.229. The molecule has 0 aliphatic carbocycles. The van der Waals surface area contributed by atoms with Crippen molar-refractivity contribution in [1.29, 1.82) is 5.26 Å². The number of aromatic nitrogens is 4. The number of fused-ring (bicyclic) bond motifs is 1. The number of nitriles is 1. The summed E-state index contributed by atoms with van der Waals surface area (Å²) in [5.41, 5.74) is 5.76. The highest BCUT2D eigenvalue weighted by Gasteiger charge is 2.15. The second-order valence-corrected chi connectivity index (χ2v) is 9.62. The van der Waals surface area contributed by atoms with Crippen molar-refractivity contribution in [2.45, 2.75) is 13.5 Å². The highest BCUT2D eigenvalue weighted by Crippen LogP contribution is 2.30. The van der Waals surface area contributed by atoms with Gasteiger partial charge in [0.15, 0.2) is 5.82 Å². The number of nitrogens with one attached hydrogen (secondary N) is 1. The molecule has 0 fully saturated rings. The van der Waals surface area contributed by atoms with Crippen LogP contribution < -0.4 is 10.3 Å². The van der Waals surface area contributed by atoms with Crippen LogP contribution in [0.25, 0.3) is 39.5 Å². The van der Waals surface area contributed by atoms with Gasteiger partial charge in [0, 0.05) is 17.3 Å². The van der Waals surface area contributed by atoms with Crippen LogP contribution in [0.3, 0.4) is 0 Å². The van der Waals surface area contributed by atoms with Crippen LogP contribution in [0.5, 0.6) is 5.75 Å². The molecule has 2 aromatic heterocycles. The first-order chi connectivity index (χ1) is 20.1. The van der Waals surface area contributed by atoms with Gasteiger partial charge in [0.25, 0.3) is 5.56 Å². The maximum atomic E-state index is 12.7. The van der Waals surface area contributed by atoms with Gasteiger partial charge >= 0.3 is 0 Å². The van der Waals surface area contributed by atoms with Crippen molar-refractivity contribution in [3.8, 4) is 28.8 Å². The fourth-order valence-corrected chi connectivity index (χ4v) is 4.54. The Labute approximate surface area is 236 Å². The van der Waals surface area contributed by atoms with Crippen LogP contribution in [0.2, 0.25) is 0 Å². The molecule has 198 valence electrons. The Morgan fingerprint density at radius 3 is 2.56 bits per heavy atom. The van der Waals surface area contributed by atoms with Gasteiger partial charge in [-0.3, -0.25) is 4.79 Å². The molecule has 0 amide bonds. The van der Waals surface area contributed by atoms with Crippen molar-refractivity contribution >= 4 is 22.6 Å². The first-order valence-electron chi connectivity index (χ1n) is 13.1. The van der Waals surface area contributed by atoms with Gasteiger partial charge < -0.3 is 9.72 Å². The number of benzene rings is 4. The predicted molar refractivity (Wildman–Crippen MR) is 160 cm³/mol. The van der Waals surface area contributed by atoms with Crippen molar-refractivity contribution in [2.24, 2.45) is 0 Å². The zero-order valence-electron chi connectivity index (χ0n) is 22.3. The minimum absolute atomic E-state index is 0.199. The predicted octanol–water partition coefficient (Wildman–Crippen LogP) is 6.73. The number of nitrogens with zero attached hydrogens (tertiary/aromatic N) is 4. The molecule has 0 aliphatic rings. The monoisotopic (exact) mass is 535 g/mol. The summed E-state index contributed by atoms with van der Waals surface area (Å²) in [4.78, 5) is 20.0. The topological polar surface area (TPSA) is 96.6 Å². The van der Waals surface area contributed by atoms with E-state index < -0.39 is 0 Å². The molecular formula is C34H25N5O2. The Morgan fingerprint density at radius 2 is 1.76 bits per heavy atom. The van der Waals surface area contributed by atoms with Crippen molar-refractivity contribution in [3.05, 3.63) is 142 Å². The van der Waals surface area contributed by atoms with Gasteiger partial charge in [0.1, 0.15) is 24.1 Å². The highest BCUT2D eigenvalue weighted by atomic mass is 16.5. The third-order valence-corrected chi connectivity index (χ3v) is 6.69. The number of hydrogen-bond donors (Lipinski definition) is 1. The molecular weight excluding hydrogens is 510 g/mol. The van der Waals surface area contributed by atoms with Gasteiger partial charge in [-0.25, -0.2) is 9.67 Å². The molecule has 0 unspecified atom stereocenters. The normalized spacial score (nSPS) is 11.4. The third kappa shape index (κ3) is 5.54. The summed E-state index contributed by atoms with van der Waals surface area (Å²) in [7, 11) is 0. The van der Waals surface area contributed by atoms with Crippen LogP contribution in [-0.4, -0.2) is 19.7 Å². The molecule has 4 aromatic carbocycles. The number of rotatable bonds is 7. The third-order valence-electron chi connectivity index (χ3n) is 6.69. The summed E-state index contributed by atoms with van der Waals surface area (Å²) in [6.07, 6.45) is 3.57. The van der Waals surface area contributed by atoms with Crippen LogP contribution in [0.15, 0.2) is 114 Å². The van der Waals surface area contributed by atoms with Gasteiger partial charge in [-0.05, 0) is 55.0 Å². The van der Waals surface area contributed by atoms with Crippen molar-refractivity contribution in [2.75, 3.05) is 0 Å². The molecule has 6 aromatic rings. The Kier molecular flexibility index (Phi) is 6.95. The molecule has 0 aliphatic heterocycles. The zero-order chi connectivity index (χ0) is 28.2. The summed E-state index contributed by atoms with van der Waals surface area (Å²) in [6, 6.07) is 34.9. The fraction of sp³-hybridized carbons (Fsp3) is 0.0588. The lowest BCUT2D eigenvalue weighted by molar-refractivity contribution is 0.306. The van der Waals surface area contributed by atoms with E-state index in [-0.39, 0.29) is 17.0 Å². The molecule has 0 saturated carbocycles. The lowest BCUT2D eigenvalue weighted by atomic mass is 10.1. The molecule has 0 radical (unpaired) electrons. The van der Waals surface area contributed by atoms with E-state index >= 15 is 0 Å². The SMILES string of the molecule is Cc1ccc(COc2cccc(-c3nn(-c4ccccc4)cc3C=C(C#N)c3nc4ccccc4c(=O)[nH]3)c2)cc1. The number of H-pyrrole nitrogens is 1. The maximum absolute atomic E-state index is 12.7. The van der Waals surface area contributed by atoms with Gasteiger partial charge in [0.2, 0.25) is 0 Å². The number of allylic oxidation sites excluding steroid dienone is 1. The highest BCUT2D eigenvalue weighted by molar-refractivity contribution is 5.91. The fourth-order valence-electron chi connectivity index (χ4n) is 4.54. The minimum Gasteiger partial charge on any atom is -0.489 e. The summed E-state index contributed by atoms with van der Waals surface area (Å²) < 4.78 is 7.87. The maximum Gasteiger partial charge on any atom is 0.259 e. The molecule has 0 spiro atoms. The van der Waals surface area contributed by atoms with E-state index in [4.69, 9.17) is 9.84 Å². The van der Waals surface area contributed by atoms with Crippen molar-refractivity contribution in [3.63, 3.8) is 0 Å². The molecule has 7 nitrogen and oxygen atoms in total. The average Bonchev–Trinajstić information content (AvgIpc) is 3.44.